The third-order valence-corrected chi connectivity index (χ3v) is 5.54. The molecule has 1 N–H and O–H groups in total. The van der Waals surface area contributed by atoms with E-state index in [0.717, 1.165) is 18.7 Å². The van der Waals surface area contributed by atoms with Gasteiger partial charge in [0, 0.05) is 44.8 Å². The summed E-state index contributed by atoms with van der Waals surface area (Å²) in [4.78, 5) is 28.8. The number of halogens is 1. The smallest absolute Gasteiger partial charge is 0.227 e. The maximum Gasteiger partial charge on any atom is 0.227 e. The SMILES string of the molecule is Cc1ccc(CC(=O)N2CCN(CCC(=O)Nc3ccc(C#N)c(Cl)c3)CC2)cc1. The highest BCUT2D eigenvalue weighted by Gasteiger charge is 2.21. The summed E-state index contributed by atoms with van der Waals surface area (Å²) < 4.78 is 0. The molecule has 1 aliphatic rings. The lowest BCUT2D eigenvalue weighted by Crippen LogP contribution is -2.49. The van der Waals surface area contributed by atoms with E-state index in [1.807, 2.05) is 42.2 Å². The minimum Gasteiger partial charge on any atom is -0.340 e. The molecule has 0 aromatic heterocycles. The van der Waals surface area contributed by atoms with E-state index in [0.29, 0.717) is 48.7 Å². The zero-order chi connectivity index (χ0) is 21.5. The molecule has 6 nitrogen and oxygen atoms in total. The minimum atomic E-state index is -0.103. The van der Waals surface area contributed by atoms with Crippen LogP contribution in [0.1, 0.15) is 23.1 Å². The van der Waals surface area contributed by atoms with Crippen LogP contribution in [0.5, 0.6) is 0 Å². The molecule has 0 unspecified atom stereocenters. The second kappa shape index (κ2) is 10.2. The first-order valence-electron chi connectivity index (χ1n) is 10.00. The molecule has 0 saturated carbocycles. The number of benzene rings is 2. The number of nitriles is 1. The lowest BCUT2D eigenvalue weighted by Gasteiger charge is -2.34. The van der Waals surface area contributed by atoms with E-state index < -0.39 is 0 Å². The number of rotatable bonds is 6. The summed E-state index contributed by atoms with van der Waals surface area (Å²) in [5.74, 6) is 0.0441. The first-order chi connectivity index (χ1) is 14.4. The number of amides is 2. The molecule has 30 heavy (non-hydrogen) atoms. The quantitative estimate of drug-likeness (QED) is 0.772. The van der Waals surface area contributed by atoms with Crippen LogP contribution < -0.4 is 5.32 Å². The van der Waals surface area contributed by atoms with Crippen LogP contribution in [-0.2, 0) is 16.0 Å². The predicted octanol–water partition coefficient (Wildman–Crippen LogP) is 3.24. The number of carbonyl (C=O) groups excluding carboxylic acids is 2. The highest BCUT2D eigenvalue weighted by Crippen LogP contribution is 2.20. The molecule has 1 fully saturated rings. The van der Waals surface area contributed by atoms with Gasteiger partial charge >= 0.3 is 0 Å². The van der Waals surface area contributed by atoms with Crippen LogP contribution in [0.15, 0.2) is 42.5 Å². The van der Waals surface area contributed by atoms with Gasteiger partial charge in [-0.1, -0.05) is 41.4 Å². The molecule has 1 aliphatic heterocycles. The van der Waals surface area contributed by atoms with E-state index in [2.05, 4.69) is 10.2 Å². The molecule has 3 rings (SSSR count). The van der Waals surface area contributed by atoms with Gasteiger partial charge < -0.3 is 10.2 Å². The molecule has 0 radical (unpaired) electrons. The fraction of sp³-hybridized carbons (Fsp3) is 0.348. The zero-order valence-electron chi connectivity index (χ0n) is 17.0. The van der Waals surface area contributed by atoms with Crippen LogP contribution in [0.3, 0.4) is 0 Å². The molecular weight excluding hydrogens is 400 g/mol. The number of anilines is 1. The van der Waals surface area contributed by atoms with Gasteiger partial charge in [-0.25, -0.2) is 0 Å². The second-order valence-corrected chi connectivity index (χ2v) is 7.90. The average molecular weight is 425 g/mol. The van der Waals surface area contributed by atoms with Crippen LogP contribution >= 0.6 is 11.6 Å². The predicted molar refractivity (Wildman–Crippen MR) is 117 cm³/mol. The minimum absolute atomic E-state index is 0.103. The van der Waals surface area contributed by atoms with Crippen molar-refractivity contribution in [2.45, 2.75) is 19.8 Å². The molecule has 2 amide bonds. The fourth-order valence-corrected chi connectivity index (χ4v) is 3.60. The Hall–Kier alpha value is -2.88. The number of hydrogen-bond donors (Lipinski definition) is 1. The van der Waals surface area contributed by atoms with Gasteiger partial charge in [0.15, 0.2) is 0 Å². The molecule has 1 saturated heterocycles. The third-order valence-electron chi connectivity index (χ3n) is 5.23. The summed E-state index contributed by atoms with van der Waals surface area (Å²) in [6, 6.07) is 14.9. The number of piperazine rings is 1. The summed E-state index contributed by atoms with van der Waals surface area (Å²) in [7, 11) is 0. The van der Waals surface area contributed by atoms with Crippen molar-refractivity contribution in [3.05, 3.63) is 64.2 Å². The van der Waals surface area contributed by atoms with Crippen LogP contribution in [0.2, 0.25) is 5.02 Å². The van der Waals surface area contributed by atoms with Crippen molar-refractivity contribution in [2.75, 3.05) is 38.0 Å². The number of hydrogen-bond acceptors (Lipinski definition) is 4. The fourth-order valence-electron chi connectivity index (χ4n) is 3.38. The Morgan fingerprint density at radius 3 is 2.43 bits per heavy atom. The largest absolute Gasteiger partial charge is 0.340 e. The summed E-state index contributed by atoms with van der Waals surface area (Å²) in [5, 5.41) is 12.0. The van der Waals surface area contributed by atoms with Gasteiger partial charge in [0.05, 0.1) is 17.0 Å². The van der Waals surface area contributed by atoms with Gasteiger partial charge in [0.25, 0.3) is 0 Å². The Bertz CT molecular complexity index is 945. The van der Waals surface area contributed by atoms with Crippen LogP contribution in [-0.4, -0.2) is 54.3 Å². The third kappa shape index (κ3) is 6.06. The Morgan fingerprint density at radius 1 is 1.10 bits per heavy atom. The molecular formula is C23H25ClN4O2. The van der Waals surface area contributed by atoms with Crippen molar-refractivity contribution in [3.8, 4) is 6.07 Å². The van der Waals surface area contributed by atoms with E-state index in [1.165, 1.54) is 5.56 Å². The van der Waals surface area contributed by atoms with Crippen LogP contribution in [0.25, 0.3) is 0 Å². The van der Waals surface area contributed by atoms with E-state index >= 15 is 0 Å². The van der Waals surface area contributed by atoms with Gasteiger partial charge in [-0.15, -0.1) is 0 Å². The van der Waals surface area contributed by atoms with Gasteiger partial charge in [-0.05, 0) is 30.7 Å². The molecule has 0 spiro atoms. The summed E-state index contributed by atoms with van der Waals surface area (Å²) in [5.41, 5.74) is 3.18. The van der Waals surface area contributed by atoms with Gasteiger partial charge in [0.2, 0.25) is 11.8 Å². The molecule has 0 aliphatic carbocycles. The molecule has 7 heteroatoms. The van der Waals surface area contributed by atoms with E-state index in [1.54, 1.807) is 18.2 Å². The van der Waals surface area contributed by atoms with Gasteiger partial charge in [0.1, 0.15) is 6.07 Å². The molecule has 0 atom stereocenters. The molecule has 2 aromatic rings. The number of nitrogens with one attached hydrogen (secondary N) is 1. The van der Waals surface area contributed by atoms with Crippen LogP contribution in [0, 0.1) is 18.3 Å². The Balaban J connectivity index is 1.39. The summed E-state index contributed by atoms with van der Waals surface area (Å²) >= 11 is 5.99. The monoisotopic (exact) mass is 424 g/mol. The molecule has 156 valence electrons. The highest BCUT2D eigenvalue weighted by atomic mass is 35.5. The maximum atomic E-state index is 12.5. The number of nitrogens with zero attached hydrogens (tertiary/aromatic N) is 3. The second-order valence-electron chi connectivity index (χ2n) is 7.49. The van der Waals surface area contributed by atoms with Crippen LogP contribution in [0.4, 0.5) is 5.69 Å². The van der Waals surface area contributed by atoms with Gasteiger partial charge in [-0.3, -0.25) is 14.5 Å². The Morgan fingerprint density at radius 2 is 1.80 bits per heavy atom. The number of carbonyl (C=O) groups is 2. The summed E-state index contributed by atoms with van der Waals surface area (Å²) in [6.45, 7) is 5.54. The zero-order valence-corrected chi connectivity index (χ0v) is 17.8. The van der Waals surface area contributed by atoms with Crippen molar-refractivity contribution in [1.82, 2.24) is 9.80 Å². The summed E-state index contributed by atoms with van der Waals surface area (Å²) in [6.07, 6.45) is 0.783. The normalized spacial score (nSPS) is 14.2. The Kier molecular flexibility index (Phi) is 7.45. The number of aryl methyl sites for hydroxylation is 1. The van der Waals surface area contributed by atoms with E-state index in [-0.39, 0.29) is 11.8 Å². The standard InChI is InChI=1S/C23H25ClN4O2/c1-17-2-4-18(5-3-17)14-23(30)28-12-10-27(11-13-28)9-8-22(29)26-20-7-6-19(16-25)21(24)15-20/h2-7,15H,8-14H2,1H3,(H,26,29). The Labute approximate surface area is 182 Å². The molecule has 1 heterocycles. The van der Waals surface area contributed by atoms with Crippen molar-refractivity contribution < 1.29 is 9.59 Å². The average Bonchev–Trinajstić information content (AvgIpc) is 2.74. The molecule has 2 aromatic carbocycles. The lowest BCUT2D eigenvalue weighted by molar-refractivity contribution is -0.132. The highest BCUT2D eigenvalue weighted by molar-refractivity contribution is 6.32. The van der Waals surface area contributed by atoms with Crippen molar-refractivity contribution in [2.24, 2.45) is 0 Å². The first kappa shape index (κ1) is 21.8. The van der Waals surface area contributed by atoms with E-state index in [4.69, 9.17) is 16.9 Å². The van der Waals surface area contributed by atoms with E-state index in [9.17, 15) is 9.59 Å². The maximum absolute atomic E-state index is 12.5. The van der Waals surface area contributed by atoms with Gasteiger partial charge in [-0.2, -0.15) is 5.26 Å². The first-order valence-corrected chi connectivity index (χ1v) is 10.4. The lowest BCUT2D eigenvalue weighted by atomic mass is 10.1. The van der Waals surface area contributed by atoms with Crippen molar-refractivity contribution >= 4 is 29.1 Å². The molecule has 0 bridgehead atoms. The topological polar surface area (TPSA) is 76.4 Å². The van der Waals surface area contributed by atoms with Crippen molar-refractivity contribution in [3.63, 3.8) is 0 Å². The van der Waals surface area contributed by atoms with Crippen molar-refractivity contribution in [1.29, 1.82) is 5.26 Å².